The molecule has 0 bridgehead atoms. The second kappa shape index (κ2) is 10.9. The lowest BCUT2D eigenvalue weighted by Crippen LogP contribution is -2.40. The zero-order valence-electron chi connectivity index (χ0n) is 12.7. The van der Waals surface area contributed by atoms with E-state index in [0.717, 1.165) is 19.6 Å². The summed E-state index contributed by atoms with van der Waals surface area (Å²) in [6.07, 6.45) is 0.886. The maximum atomic E-state index is 12.7. The number of nitrogens with one attached hydrogen (secondary N) is 3. The Labute approximate surface area is 135 Å². The second-order valence-electron chi connectivity index (χ2n) is 4.50. The zero-order valence-corrected chi connectivity index (χ0v) is 13.5. The van der Waals surface area contributed by atoms with Crippen molar-refractivity contribution in [2.45, 2.75) is 13.3 Å². The first kappa shape index (κ1) is 18.3. The topological polar surface area (TPSA) is 62.4 Å². The molecule has 3 N–H and O–H groups in total. The molecule has 122 valence electrons. The molecular formula is C15H22FN3O2S. The summed E-state index contributed by atoms with van der Waals surface area (Å²) in [5, 5.41) is 9.32. The molecule has 0 radical (unpaired) electrons. The Morgan fingerprint density at radius 3 is 2.45 bits per heavy atom. The summed E-state index contributed by atoms with van der Waals surface area (Å²) in [6, 6.07) is 5.41. The Hall–Kier alpha value is -1.73. The first-order valence-electron chi connectivity index (χ1n) is 7.26. The summed E-state index contributed by atoms with van der Waals surface area (Å²) in [6.45, 7) is 5.07. The van der Waals surface area contributed by atoms with Crippen LogP contribution in [0.4, 0.5) is 4.39 Å². The van der Waals surface area contributed by atoms with Crippen LogP contribution in [-0.4, -0.2) is 43.9 Å². The van der Waals surface area contributed by atoms with Gasteiger partial charge in [0.15, 0.2) is 5.11 Å². The molecule has 1 aromatic carbocycles. The number of halogens is 1. The van der Waals surface area contributed by atoms with Gasteiger partial charge in [-0.15, -0.1) is 0 Å². The van der Waals surface area contributed by atoms with Gasteiger partial charge in [0.05, 0.1) is 0 Å². The lowest BCUT2D eigenvalue weighted by Gasteiger charge is -2.11. The van der Waals surface area contributed by atoms with E-state index in [9.17, 15) is 9.18 Å². The molecule has 0 aromatic heterocycles. The van der Waals surface area contributed by atoms with E-state index in [2.05, 4.69) is 16.0 Å². The highest BCUT2D eigenvalue weighted by Gasteiger charge is 2.04. The van der Waals surface area contributed by atoms with Crippen LogP contribution in [0.1, 0.15) is 23.7 Å². The van der Waals surface area contributed by atoms with Crippen LogP contribution in [0.15, 0.2) is 24.3 Å². The number of hydrogen-bond acceptors (Lipinski definition) is 3. The molecular weight excluding hydrogens is 305 g/mol. The second-order valence-corrected chi connectivity index (χ2v) is 4.90. The normalized spacial score (nSPS) is 10.1. The number of carbonyl (C=O) groups excluding carboxylic acids is 1. The predicted octanol–water partition coefficient (Wildman–Crippen LogP) is 1.45. The Balaban J connectivity index is 2.08. The van der Waals surface area contributed by atoms with Gasteiger partial charge >= 0.3 is 0 Å². The molecule has 0 saturated carbocycles. The number of ether oxygens (including phenoxy) is 1. The van der Waals surface area contributed by atoms with Gasteiger partial charge in [-0.05, 0) is 49.8 Å². The number of carbonyl (C=O) groups is 1. The molecule has 0 spiro atoms. The molecule has 0 fully saturated rings. The maximum Gasteiger partial charge on any atom is 0.251 e. The van der Waals surface area contributed by atoms with Gasteiger partial charge < -0.3 is 20.7 Å². The average Bonchev–Trinajstić information content (AvgIpc) is 2.52. The van der Waals surface area contributed by atoms with E-state index < -0.39 is 0 Å². The van der Waals surface area contributed by atoms with Gasteiger partial charge in [0.2, 0.25) is 0 Å². The third kappa shape index (κ3) is 7.90. The SMILES string of the molecule is CCOCCCNC(=S)NCCNC(=O)c1ccc(F)cc1. The van der Waals surface area contributed by atoms with Crippen LogP contribution in [0.5, 0.6) is 0 Å². The van der Waals surface area contributed by atoms with Gasteiger partial charge in [-0.3, -0.25) is 4.79 Å². The molecule has 0 unspecified atom stereocenters. The Kier molecular flexibility index (Phi) is 9.09. The van der Waals surface area contributed by atoms with Gasteiger partial charge in [-0.25, -0.2) is 4.39 Å². The Morgan fingerprint density at radius 2 is 1.77 bits per heavy atom. The van der Waals surface area contributed by atoms with E-state index in [4.69, 9.17) is 17.0 Å². The van der Waals surface area contributed by atoms with Gasteiger partial charge in [0.25, 0.3) is 5.91 Å². The summed E-state index contributed by atoms with van der Waals surface area (Å²) >= 11 is 5.10. The van der Waals surface area contributed by atoms with E-state index in [0.29, 0.717) is 30.4 Å². The fourth-order valence-corrected chi connectivity index (χ4v) is 1.84. The van der Waals surface area contributed by atoms with Crippen molar-refractivity contribution in [3.63, 3.8) is 0 Å². The van der Waals surface area contributed by atoms with Crippen LogP contribution < -0.4 is 16.0 Å². The number of benzene rings is 1. The van der Waals surface area contributed by atoms with Gasteiger partial charge in [-0.1, -0.05) is 0 Å². The van der Waals surface area contributed by atoms with Crippen molar-refractivity contribution in [1.29, 1.82) is 0 Å². The molecule has 0 saturated heterocycles. The summed E-state index contributed by atoms with van der Waals surface area (Å²) in [5.41, 5.74) is 0.429. The molecule has 7 heteroatoms. The lowest BCUT2D eigenvalue weighted by molar-refractivity contribution is 0.0954. The molecule has 1 amide bonds. The first-order chi connectivity index (χ1) is 10.6. The molecule has 0 aliphatic heterocycles. The van der Waals surface area contributed by atoms with Crippen LogP contribution in [0, 0.1) is 5.82 Å². The lowest BCUT2D eigenvalue weighted by atomic mass is 10.2. The highest BCUT2D eigenvalue weighted by molar-refractivity contribution is 7.80. The quantitative estimate of drug-likeness (QED) is 0.473. The minimum absolute atomic E-state index is 0.239. The Morgan fingerprint density at radius 1 is 1.14 bits per heavy atom. The van der Waals surface area contributed by atoms with Crippen molar-refractivity contribution in [2.24, 2.45) is 0 Å². The standard InChI is InChI=1S/C15H22FN3O2S/c1-2-21-11-3-8-18-15(22)19-10-9-17-14(20)12-4-6-13(16)7-5-12/h4-7H,2-3,8-11H2,1H3,(H,17,20)(H2,18,19,22). The molecule has 0 aliphatic carbocycles. The third-order valence-electron chi connectivity index (χ3n) is 2.76. The highest BCUT2D eigenvalue weighted by atomic mass is 32.1. The van der Waals surface area contributed by atoms with Crippen molar-refractivity contribution in [2.75, 3.05) is 32.8 Å². The smallest absolute Gasteiger partial charge is 0.251 e. The minimum Gasteiger partial charge on any atom is -0.382 e. The number of thiocarbonyl (C=S) groups is 1. The summed E-state index contributed by atoms with van der Waals surface area (Å²) < 4.78 is 18.0. The van der Waals surface area contributed by atoms with Gasteiger partial charge in [0.1, 0.15) is 5.82 Å². The van der Waals surface area contributed by atoms with Crippen molar-refractivity contribution in [3.8, 4) is 0 Å². The van der Waals surface area contributed by atoms with E-state index in [-0.39, 0.29) is 11.7 Å². The number of rotatable bonds is 9. The molecule has 0 aliphatic rings. The van der Waals surface area contributed by atoms with Crippen molar-refractivity contribution in [3.05, 3.63) is 35.6 Å². The third-order valence-corrected chi connectivity index (χ3v) is 3.05. The van der Waals surface area contributed by atoms with Crippen molar-refractivity contribution < 1.29 is 13.9 Å². The minimum atomic E-state index is -0.362. The molecule has 0 heterocycles. The van der Waals surface area contributed by atoms with E-state index in [1.54, 1.807) is 0 Å². The van der Waals surface area contributed by atoms with Crippen LogP contribution in [0.3, 0.4) is 0 Å². The molecule has 1 aromatic rings. The first-order valence-corrected chi connectivity index (χ1v) is 7.67. The molecule has 1 rings (SSSR count). The summed E-state index contributed by atoms with van der Waals surface area (Å²) in [4.78, 5) is 11.7. The number of hydrogen-bond donors (Lipinski definition) is 3. The molecule has 0 atom stereocenters. The van der Waals surface area contributed by atoms with Gasteiger partial charge in [-0.2, -0.15) is 0 Å². The van der Waals surface area contributed by atoms with E-state index >= 15 is 0 Å². The van der Waals surface area contributed by atoms with Crippen LogP contribution >= 0.6 is 12.2 Å². The molecule has 5 nitrogen and oxygen atoms in total. The molecule has 22 heavy (non-hydrogen) atoms. The van der Waals surface area contributed by atoms with Crippen LogP contribution in [0.2, 0.25) is 0 Å². The van der Waals surface area contributed by atoms with Crippen LogP contribution in [0.25, 0.3) is 0 Å². The largest absolute Gasteiger partial charge is 0.382 e. The zero-order chi connectivity index (χ0) is 16.2. The Bertz CT molecular complexity index is 468. The summed E-state index contributed by atoms with van der Waals surface area (Å²) in [7, 11) is 0. The highest BCUT2D eigenvalue weighted by Crippen LogP contribution is 2.01. The van der Waals surface area contributed by atoms with Crippen LogP contribution in [-0.2, 0) is 4.74 Å². The van der Waals surface area contributed by atoms with Gasteiger partial charge in [0, 0.05) is 38.4 Å². The fourth-order valence-electron chi connectivity index (χ4n) is 1.64. The fraction of sp³-hybridized carbons (Fsp3) is 0.467. The van der Waals surface area contributed by atoms with Crippen molar-refractivity contribution in [1.82, 2.24) is 16.0 Å². The monoisotopic (exact) mass is 327 g/mol. The number of amides is 1. The predicted molar refractivity (Wildman–Crippen MR) is 88.4 cm³/mol. The van der Waals surface area contributed by atoms with Crippen molar-refractivity contribution >= 4 is 23.2 Å². The maximum absolute atomic E-state index is 12.7. The van der Waals surface area contributed by atoms with E-state index in [1.807, 2.05) is 6.92 Å². The average molecular weight is 327 g/mol. The van der Waals surface area contributed by atoms with E-state index in [1.165, 1.54) is 24.3 Å². The summed E-state index contributed by atoms with van der Waals surface area (Å²) in [5.74, 6) is -0.601.